The predicted octanol–water partition coefficient (Wildman–Crippen LogP) is 1.60. The van der Waals surface area contributed by atoms with Gasteiger partial charge in [0, 0.05) is 58.7 Å². The maximum Gasteiger partial charge on any atom is 0.255 e. The third-order valence-electron chi connectivity index (χ3n) is 4.33. The lowest BCUT2D eigenvalue weighted by atomic mass is 10.2. The molecule has 3 rings (SSSR count). The number of amides is 1. The molecule has 1 amide bonds. The molecular formula is C18H24N6O. The second-order valence-corrected chi connectivity index (χ2v) is 6.51. The first-order valence-electron chi connectivity index (χ1n) is 8.50. The lowest BCUT2D eigenvalue weighted by molar-refractivity contribution is 0.0766. The topological polar surface area (TPSA) is 65.5 Å². The molecule has 0 atom stereocenters. The first kappa shape index (κ1) is 17.1. The fourth-order valence-corrected chi connectivity index (χ4v) is 2.96. The first-order valence-corrected chi connectivity index (χ1v) is 8.50. The van der Waals surface area contributed by atoms with E-state index in [9.17, 15) is 4.79 Å². The Morgan fingerprint density at radius 1 is 1.08 bits per heavy atom. The molecule has 0 saturated carbocycles. The molecule has 132 valence electrons. The van der Waals surface area contributed by atoms with Gasteiger partial charge in [0.25, 0.3) is 5.91 Å². The van der Waals surface area contributed by atoms with Crippen molar-refractivity contribution in [3.05, 3.63) is 42.0 Å². The highest BCUT2D eigenvalue weighted by Gasteiger charge is 2.21. The molecule has 0 bridgehead atoms. The normalized spacial score (nSPS) is 15.0. The van der Waals surface area contributed by atoms with Gasteiger partial charge in [-0.15, -0.1) is 0 Å². The molecule has 7 heteroatoms. The van der Waals surface area contributed by atoms with Crippen LogP contribution in [0.25, 0.3) is 0 Å². The highest BCUT2D eigenvalue weighted by Crippen LogP contribution is 2.18. The molecule has 3 heterocycles. The quantitative estimate of drug-likeness (QED) is 0.846. The van der Waals surface area contributed by atoms with Crippen molar-refractivity contribution in [1.82, 2.24) is 19.9 Å². The highest BCUT2D eigenvalue weighted by atomic mass is 16.2. The Hall–Kier alpha value is -2.70. The average molecular weight is 340 g/mol. The van der Waals surface area contributed by atoms with Gasteiger partial charge in [-0.25, -0.2) is 9.97 Å². The maximum absolute atomic E-state index is 12.7. The van der Waals surface area contributed by atoms with E-state index in [4.69, 9.17) is 0 Å². The molecule has 25 heavy (non-hydrogen) atoms. The summed E-state index contributed by atoms with van der Waals surface area (Å²) in [5, 5.41) is 0. The molecule has 0 aliphatic carbocycles. The fourth-order valence-electron chi connectivity index (χ4n) is 2.96. The van der Waals surface area contributed by atoms with Crippen LogP contribution in [0.1, 0.15) is 22.3 Å². The number of carbonyl (C=O) groups excluding carboxylic acids is 1. The van der Waals surface area contributed by atoms with Crippen LogP contribution in [0.5, 0.6) is 0 Å². The smallest absolute Gasteiger partial charge is 0.255 e. The number of rotatable bonds is 3. The summed E-state index contributed by atoms with van der Waals surface area (Å²) >= 11 is 0. The van der Waals surface area contributed by atoms with E-state index in [1.54, 1.807) is 18.7 Å². The van der Waals surface area contributed by atoms with Crippen LogP contribution in [-0.4, -0.2) is 66.0 Å². The van der Waals surface area contributed by atoms with Crippen molar-refractivity contribution >= 4 is 17.5 Å². The fraction of sp³-hybridized carbons (Fsp3) is 0.444. The van der Waals surface area contributed by atoms with Crippen LogP contribution < -0.4 is 9.80 Å². The summed E-state index contributed by atoms with van der Waals surface area (Å²) in [7, 11) is 3.93. The number of hydrogen-bond donors (Lipinski definition) is 0. The van der Waals surface area contributed by atoms with Gasteiger partial charge in [-0.3, -0.25) is 9.78 Å². The van der Waals surface area contributed by atoms with Gasteiger partial charge in [0.2, 0.25) is 0 Å². The van der Waals surface area contributed by atoms with E-state index in [0.29, 0.717) is 12.1 Å². The summed E-state index contributed by atoms with van der Waals surface area (Å²) in [4.78, 5) is 31.6. The molecule has 0 aromatic carbocycles. The Morgan fingerprint density at radius 3 is 2.68 bits per heavy atom. The third-order valence-corrected chi connectivity index (χ3v) is 4.33. The number of aromatic nitrogens is 3. The zero-order chi connectivity index (χ0) is 17.8. The van der Waals surface area contributed by atoms with Crippen molar-refractivity contribution in [2.75, 3.05) is 50.1 Å². The van der Waals surface area contributed by atoms with E-state index in [-0.39, 0.29) is 5.91 Å². The number of nitrogens with zero attached hydrogens (tertiary/aromatic N) is 6. The second kappa shape index (κ2) is 7.46. The molecule has 2 aromatic heterocycles. The predicted molar refractivity (Wildman–Crippen MR) is 98.1 cm³/mol. The zero-order valence-electron chi connectivity index (χ0n) is 15.0. The Balaban J connectivity index is 1.70. The molecule has 0 N–H and O–H groups in total. The van der Waals surface area contributed by atoms with Crippen LogP contribution in [0.3, 0.4) is 0 Å². The minimum atomic E-state index is 0.0507. The number of aryl methyl sites for hydroxylation is 1. The van der Waals surface area contributed by atoms with Crippen LogP contribution in [0.4, 0.5) is 11.6 Å². The van der Waals surface area contributed by atoms with Gasteiger partial charge >= 0.3 is 0 Å². The van der Waals surface area contributed by atoms with Gasteiger partial charge in [0.05, 0.1) is 5.56 Å². The molecule has 0 unspecified atom stereocenters. The largest absolute Gasteiger partial charge is 0.363 e. The van der Waals surface area contributed by atoms with Crippen molar-refractivity contribution < 1.29 is 4.79 Å². The lowest BCUT2D eigenvalue weighted by Crippen LogP contribution is -2.35. The van der Waals surface area contributed by atoms with E-state index in [1.807, 2.05) is 43.0 Å². The molecule has 0 spiro atoms. The van der Waals surface area contributed by atoms with Crippen LogP contribution in [0.2, 0.25) is 0 Å². The second-order valence-electron chi connectivity index (χ2n) is 6.51. The van der Waals surface area contributed by atoms with E-state index >= 15 is 0 Å². The van der Waals surface area contributed by atoms with Crippen molar-refractivity contribution in [3.8, 4) is 0 Å². The van der Waals surface area contributed by atoms with Gasteiger partial charge in [0.1, 0.15) is 18.0 Å². The van der Waals surface area contributed by atoms with Crippen molar-refractivity contribution in [3.63, 3.8) is 0 Å². The van der Waals surface area contributed by atoms with Crippen LogP contribution in [-0.2, 0) is 0 Å². The molecule has 1 fully saturated rings. The Morgan fingerprint density at radius 2 is 1.92 bits per heavy atom. The number of pyridine rings is 1. The van der Waals surface area contributed by atoms with E-state index in [1.165, 1.54) is 0 Å². The van der Waals surface area contributed by atoms with E-state index in [2.05, 4.69) is 19.9 Å². The number of anilines is 2. The lowest BCUT2D eigenvalue weighted by Gasteiger charge is -2.23. The molecular weight excluding hydrogens is 316 g/mol. The highest BCUT2D eigenvalue weighted by molar-refractivity contribution is 5.94. The zero-order valence-corrected chi connectivity index (χ0v) is 15.0. The minimum Gasteiger partial charge on any atom is -0.363 e. The van der Waals surface area contributed by atoms with Crippen molar-refractivity contribution in [2.24, 2.45) is 0 Å². The summed E-state index contributed by atoms with van der Waals surface area (Å²) < 4.78 is 0. The molecule has 1 aliphatic heterocycles. The Kier molecular flexibility index (Phi) is 5.11. The van der Waals surface area contributed by atoms with E-state index in [0.717, 1.165) is 43.3 Å². The molecule has 2 aromatic rings. The summed E-state index contributed by atoms with van der Waals surface area (Å²) in [5.74, 6) is 1.84. The molecule has 7 nitrogen and oxygen atoms in total. The number of carbonyl (C=O) groups is 1. The Bertz CT molecular complexity index is 748. The SMILES string of the molecule is Cc1cncc(C(=O)N2CCCN(c3cc(N(C)C)ncn3)CC2)c1. The van der Waals surface area contributed by atoms with Gasteiger partial charge in [-0.1, -0.05) is 0 Å². The summed E-state index contributed by atoms with van der Waals surface area (Å²) in [5.41, 5.74) is 1.66. The minimum absolute atomic E-state index is 0.0507. The van der Waals surface area contributed by atoms with E-state index < -0.39 is 0 Å². The van der Waals surface area contributed by atoms with Gasteiger partial charge in [0.15, 0.2) is 0 Å². The summed E-state index contributed by atoms with van der Waals surface area (Å²) in [6, 6.07) is 3.88. The average Bonchev–Trinajstić information content (AvgIpc) is 2.87. The molecule has 1 saturated heterocycles. The third kappa shape index (κ3) is 4.04. The van der Waals surface area contributed by atoms with Gasteiger partial charge in [-0.2, -0.15) is 0 Å². The van der Waals surface area contributed by atoms with Crippen LogP contribution in [0.15, 0.2) is 30.9 Å². The van der Waals surface area contributed by atoms with Crippen molar-refractivity contribution in [1.29, 1.82) is 0 Å². The number of hydrogen-bond acceptors (Lipinski definition) is 6. The van der Waals surface area contributed by atoms with Crippen molar-refractivity contribution in [2.45, 2.75) is 13.3 Å². The standard InChI is InChI=1S/C18H24N6O/c1-14-9-15(12-19-11-14)18(25)24-6-4-5-23(7-8-24)17-10-16(22(2)3)20-13-21-17/h9-13H,4-8H2,1-3H3. The monoisotopic (exact) mass is 340 g/mol. The first-order chi connectivity index (χ1) is 12.0. The molecule has 0 radical (unpaired) electrons. The van der Waals surface area contributed by atoms with Crippen LogP contribution in [0, 0.1) is 6.92 Å². The van der Waals surface area contributed by atoms with Gasteiger partial charge in [-0.05, 0) is 25.0 Å². The molecule has 1 aliphatic rings. The summed E-state index contributed by atoms with van der Waals surface area (Å²) in [6.07, 6.45) is 5.91. The van der Waals surface area contributed by atoms with Gasteiger partial charge < -0.3 is 14.7 Å². The summed E-state index contributed by atoms with van der Waals surface area (Å²) in [6.45, 7) is 5.00. The maximum atomic E-state index is 12.7. The Labute approximate surface area is 148 Å². The van der Waals surface area contributed by atoms with Crippen LogP contribution >= 0.6 is 0 Å².